The molecule has 5 heterocycles. The number of fused-ring (bicyclic) bond motifs is 6. The fourth-order valence-corrected chi connectivity index (χ4v) is 9.07. The van der Waals surface area contributed by atoms with Gasteiger partial charge in [0.2, 0.25) is 11.6 Å². The quantitative estimate of drug-likeness (QED) is 0.0931. The van der Waals surface area contributed by atoms with Gasteiger partial charge in [0.25, 0.3) is 11.8 Å². The summed E-state index contributed by atoms with van der Waals surface area (Å²) in [5, 5.41) is 18.3. The largest absolute Gasteiger partial charge is 0.462 e. The number of hydrazine groups is 1. The molecule has 2 saturated heterocycles. The maximum atomic E-state index is 14.6. The number of benzene rings is 1. The Kier molecular flexibility index (Phi) is 16.3. The molecule has 20 heteroatoms. The van der Waals surface area contributed by atoms with E-state index in [1.54, 1.807) is 56.2 Å². The minimum atomic E-state index is -4.64. The van der Waals surface area contributed by atoms with E-state index < -0.39 is 59.3 Å². The molecule has 2 aromatic heterocycles. The van der Waals surface area contributed by atoms with Gasteiger partial charge in [-0.25, -0.2) is 9.78 Å². The van der Waals surface area contributed by atoms with Gasteiger partial charge in [0.1, 0.15) is 12.6 Å². The normalized spacial score (nSPS) is 21.3. The van der Waals surface area contributed by atoms with Crippen molar-refractivity contribution in [2.24, 2.45) is 10.4 Å². The van der Waals surface area contributed by atoms with E-state index in [9.17, 15) is 37.5 Å². The number of amides is 3. The van der Waals surface area contributed by atoms with Crippen molar-refractivity contribution in [1.82, 2.24) is 35.1 Å². The highest BCUT2D eigenvalue weighted by Gasteiger charge is 2.45. The molecule has 0 radical (unpaired) electrons. The Labute approximate surface area is 404 Å². The standard InChI is InChI=1S/C49H63F3N8O8S/c1-11-33(42(53-12-2)30(3)66-10)43-35-24-46(4,5)29-68-45(64)48(65)18-13-20-60(56-48)44(63)36(54-39(61)17-21-67-32-25-58(26-32)41(62)16-19-47(6,7)57(8)9)23-40-55-37(27-69-40)31-14-15-38(34(35)22-31)59(43)28-49(50,51)52/h11-12,14-15,22,27,30,32,36,56,65H,1,13,17-18,20-21,23-26,28-29H2,2-10H3,(H,54,61)/b42-33+,53-12-/t30-,36-,48-/m0/s1. The van der Waals surface area contributed by atoms with Crippen molar-refractivity contribution >= 4 is 57.7 Å². The van der Waals surface area contributed by atoms with Crippen molar-refractivity contribution in [3.8, 4) is 23.1 Å². The number of thiazole rings is 1. The second-order valence-corrected chi connectivity index (χ2v) is 20.1. The van der Waals surface area contributed by atoms with Crippen LogP contribution in [0.15, 0.2) is 46.9 Å². The van der Waals surface area contributed by atoms with E-state index in [0.29, 0.717) is 51.6 Å². The molecule has 6 bridgehead atoms. The van der Waals surface area contributed by atoms with Crippen molar-refractivity contribution in [2.75, 3.05) is 54.1 Å². The number of carbonyl (C=O) groups is 4. The van der Waals surface area contributed by atoms with Crippen molar-refractivity contribution in [2.45, 2.75) is 116 Å². The number of rotatable bonds is 12. The maximum Gasteiger partial charge on any atom is 0.406 e. The van der Waals surface area contributed by atoms with E-state index in [1.165, 1.54) is 35.3 Å². The zero-order chi connectivity index (χ0) is 50.6. The number of aliphatic hydroxyl groups is 1. The summed E-state index contributed by atoms with van der Waals surface area (Å²) in [6.07, 6.45) is -2.59. The number of aromatic nitrogens is 2. The van der Waals surface area contributed by atoms with E-state index in [4.69, 9.17) is 19.2 Å². The molecule has 3 N–H and O–H groups in total. The fourth-order valence-electron chi connectivity index (χ4n) is 8.22. The number of ether oxygens (including phenoxy) is 3. The van der Waals surface area contributed by atoms with E-state index in [0.717, 1.165) is 5.01 Å². The zero-order valence-electron chi connectivity index (χ0n) is 40.7. The van der Waals surface area contributed by atoms with Crippen molar-refractivity contribution in [3.05, 3.63) is 58.2 Å². The third-order valence-corrected chi connectivity index (χ3v) is 13.5. The Morgan fingerprint density at radius 3 is 2.61 bits per heavy atom. The molecule has 1 aromatic carbocycles. The highest BCUT2D eigenvalue weighted by Crippen LogP contribution is 2.41. The Morgan fingerprint density at radius 1 is 1.23 bits per heavy atom. The molecule has 16 nitrogen and oxygen atoms in total. The Morgan fingerprint density at radius 2 is 1.96 bits per heavy atom. The average Bonchev–Trinajstić information content (AvgIpc) is 3.85. The van der Waals surface area contributed by atoms with Gasteiger partial charge in [0, 0.05) is 85.1 Å². The highest BCUT2D eigenvalue weighted by molar-refractivity contribution is 7.10. The van der Waals surface area contributed by atoms with Crippen LogP contribution in [0.25, 0.3) is 27.7 Å². The van der Waals surface area contributed by atoms with Crippen molar-refractivity contribution < 1.29 is 51.7 Å². The first-order valence-electron chi connectivity index (χ1n) is 22.8. The molecule has 0 aliphatic carbocycles. The lowest BCUT2D eigenvalue weighted by Crippen LogP contribution is -2.67. The molecule has 3 aliphatic rings. The lowest BCUT2D eigenvalue weighted by molar-refractivity contribution is -0.189. The van der Waals surface area contributed by atoms with E-state index in [2.05, 4.69) is 34.2 Å². The molecule has 3 aliphatic heterocycles. The summed E-state index contributed by atoms with van der Waals surface area (Å²) in [6, 6.07) is 3.86. The first-order chi connectivity index (χ1) is 32.4. The number of carbonyl (C=O) groups excluding carboxylic acids is 4. The second kappa shape index (κ2) is 21.3. The van der Waals surface area contributed by atoms with Gasteiger partial charge in [-0.05, 0) is 78.2 Å². The van der Waals surface area contributed by atoms with Crippen LogP contribution in [0.5, 0.6) is 0 Å². The first kappa shape index (κ1) is 52.9. The summed E-state index contributed by atoms with van der Waals surface area (Å²) in [5.74, 6) is 3.16. The molecule has 374 valence electrons. The predicted octanol–water partition coefficient (Wildman–Crippen LogP) is 5.28. The van der Waals surface area contributed by atoms with Crippen LogP contribution in [0, 0.1) is 17.3 Å². The number of methoxy groups -OCH3 is 1. The zero-order valence-corrected chi connectivity index (χ0v) is 41.5. The number of aliphatic imine (C=N–C) groups is 1. The number of hydrogen-bond acceptors (Lipinski definition) is 13. The molecule has 6 rings (SSSR count). The number of hydrogen-bond donors (Lipinski definition) is 3. The molecular weight excluding hydrogens is 918 g/mol. The van der Waals surface area contributed by atoms with Gasteiger partial charge in [-0.15, -0.1) is 11.3 Å². The second-order valence-electron chi connectivity index (χ2n) is 19.1. The minimum Gasteiger partial charge on any atom is -0.462 e. The topological polar surface area (TPSA) is 180 Å². The monoisotopic (exact) mass is 980 g/mol. The van der Waals surface area contributed by atoms with Gasteiger partial charge in [-0.1, -0.05) is 38.5 Å². The molecule has 3 atom stereocenters. The molecular formula is C49H63F3N8O8S. The lowest BCUT2D eigenvalue weighted by atomic mass is 9.84. The van der Waals surface area contributed by atoms with Gasteiger partial charge in [-0.2, -0.15) is 18.6 Å². The van der Waals surface area contributed by atoms with Gasteiger partial charge in [-0.3, -0.25) is 29.3 Å². The van der Waals surface area contributed by atoms with Crippen LogP contribution < -0.4 is 10.7 Å². The number of nitrogens with zero attached hydrogens (tertiary/aromatic N) is 6. The summed E-state index contributed by atoms with van der Waals surface area (Å²) < 4.78 is 62.5. The van der Waals surface area contributed by atoms with Crippen molar-refractivity contribution in [1.29, 1.82) is 0 Å². The number of allylic oxidation sites excluding steroid dienone is 2. The number of halogens is 3. The Balaban J connectivity index is 1.34. The van der Waals surface area contributed by atoms with Gasteiger partial charge in [0.15, 0.2) is 0 Å². The molecule has 2 fully saturated rings. The molecule has 69 heavy (non-hydrogen) atoms. The fraction of sp³-hybridized carbons (Fsp3) is 0.551. The third-order valence-electron chi connectivity index (χ3n) is 12.6. The van der Waals surface area contributed by atoms with Gasteiger partial charge >= 0.3 is 12.1 Å². The van der Waals surface area contributed by atoms with Crippen LogP contribution in [0.3, 0.4) is 0 Å². The minimum absolute atomic E-state index is 0.00355. The lowest BCUT2D eigenvalue weighted by Gasteiger charge is -2.40. The highest BCUT2D eigenvalue weighted by atomic mass is 32.1. The number of likely N-dealkylation sites (tertiary alicyclic amines) is 1. The molecule has 0 saturated carbocycles. The number of esters is 1. The van der Waals surface area contributed by atoms with Gasteiger partial charge < -0.3 is 34.1 Å². The van der Waals surface area contributed by atoms with E-state index in [-0.39, 0.29) is 75.1 Å². The average molecular weight is 981 g/mol. The Bertz CT molecular complexity index is 2570. The number of cyclic esters (lactones) is 1. The summed E-state index contributed by atoms with van der Waals surface area (Å²) >= 11 is 1.23. The first-order valence-corrected chi connectivity index (χ1v) is 23.7. The van der Waals surface area contributed by atoms with Crippen LogP contribution >= 0.6 is 11.3 Å². The van der Waals surface area contributed by atoms with Crippen molar-refractivity contribution in [3.63, 3.8) is 0 Å². The summed E-state index contributed by atoms with van der Waals surface area (Å²) in [5.41, 5.74) is 1.65. The summed E-state index contributed by atoms with van der Waals surface area (Å²) in [4.78, 5) is 67.2. The third kappa shape index (κ3) is 12.5. The molecule has 3 amide bonds. The molecule has 0 unspecified atom stereocenters. The molecule has 0 spiro atoms. The van der Waals surface area contributed by atoms with Crippen LogP contribution in [0.1, 0.15) is 77.1 Å². The number of alkyl halides is 3. The van der Waals surface area contributed by atoms with Crippen LogP contribution in [-0.2, 0) is 52.8 Å². The van der Waals surface area contributed by atoms with Gasteiger partial charge in [0.05, 0.1) is 53.1 Å². The Hall–Kier alpha value is -5.43. The van der Waals surface area contributed by atoms with Crippen LogP contribution in [0.4, 0.5) is 13.2 Å². The maximum absolute atomic E-state index is 14.6. The van der Waals surface area contributed by atoms with Crippen LogP contribution in [-0.4, -0.2) is 149 Å². The van der Waals surface area contributed by atoms with E-state index >= 15 is 0 Å². The summed E-state index contributed by atoms with van der Waals surface area (Å²) in [6.45, 7) is 14.0. The SMILES string of the molecule is C=C/C(=C(\N=C/C)[C@H](C)OC)c1c2c3cc(ccc3n1CC(F)(F)F)-c1csc(n1)C[C@H](NC(=O)CCOC1CN(C(=O)C#CC(C)(C)N(C)C)C1)C(=O)N1CCC[C@@](O)(N1)C(=O)OCC(C)(C)C2. The predicted molar refractivity (Wildman–Crippen MR) is 256 cm³/mol. The van der Waals surface area contributed by atoms with Crippen LogP contribution in [0.2, 0.25) is 0 Å². The summed E-state index contributed by atoms with van der Waals surface area (Å²) in [7, 11) is 5.24. The van der Waals surface area contributed by atoms with E-state index in [1.807, 2.05) is 32.8 Å². The molecule has 3 aromatic rings. The number of nitrogens with one attached hydrogen (secondary N) is 2. The smallest absolute Gasteiger partial charge is 0.406 e.